The van der Waals surface area contributed by atoms with Gasteiger partial charge in [-0.15, -0.1) is 0 Å². The number of hydrogen-bond acceptors (Lipinski definition) is 6. The normalized spacial score (nSPS) is 21.4. The molecule has 0 aromatic rings. The number of hydrogen-bond donors (Lipinski definition) is 2. The van der Waals surface area contributed by atoms with Crippen molar-refractivity contribution in [1.29, 1.82) is 0 Å². The second-order valence-corrected chi connectivity index (χ2v) is 7.50. The van der Waals surface area contributed by atoms with Crippen molar-refractivity contribution < 1.29 is 5.11 Å². The topological polar surface area (TPSA) is 51.6 Å². The average molecular weight is 342 g/mol. The zero-order valence-corrected chi connectivity index (χ0v) is 14.8. The first-order valence-electron chi connectivity index (χ1n) is 8.27. The number of fused-ring (bicyclic) bond motifs is 3. The monoisotopic (exact) mass is 342 g/mol. The van der Waals surface area contributed by atoms with E-state index in [1.807, 2.05) is 18.3 Å². The summed E-state index contributed by atoms with van der Waals surface area (Å²) in [5.74, 6) is 0. The van der Waals surface area contributed by atoms with E-state index in [1.165, 1.54) is 16.2 Å². The van der Waals surface area contributed by atoms with Crippen LogP contribution in [0.4, 0.5) is 11.4 Å². The molecule has 1 fully saturated rings. The molecule has 1 saturated heterocycles. The summed E-state index contributed by atoms with van der Waals surface area (Å²) in [4.78, 5) is 10.6. The molecule has 0 unspecified atom stereocenters. The van der Waals surface area contributed by atoms with Crippen LogP contribution in [0.15, 0.2) is 29.3 Å². The molecule has 2 N–H and O–H groups in total. The zero-order valence-electron chi connectivity index (χ0n) is 14.0. The van der Waals surface area contributed by atoms with Gasteiger partial charge < -0.3 is 14.7 Å². The van der Waals surface area contributed by atoms with Crippen LogP contribution in [-0.4, -0.2) is 54.3 Å². The lowest BCUT2D eigenvalue weighted by Gasteiger charge is -2.40. The van der Waals surface area contributed by atoms with Crippen molar-refractivity contribution in [2.24, 2.45) is 0 Å². The maximum absolute atomic E-state index is 9.70. The summed E-state index contributed by atoms with van der Waals surface area (Å²) < 4.78 is 3.48. The predicted molar refractivity (Wildman–Crippen MR) is 101 cm³/mol. The second-order valence-electron chi connectivity index (χ2n) is 6.45. The first-order valence-corrected chi connectivity index (χ1v) is 9.08. The fourth-order valence-corrected chi connectivity index (χ4v) is 4.19. The minimum absolute atomic E-state index is 0.160. The Balaban J connectivity index is 1.86. The van der Waals surface area contributed by atoms with E-state index < -0.39 is 0 Å². The van der Waals surface area contributed by atoms with Gasteiger partial charge in [-0.2, -0.15) is 0 Å². The van der Waals surface area contributed by atoms with Crippen LogP contribution < -0.4 is 9.62 Å². The third-order valence-corrected chi connectivity index (χ3v) is 5.65. The Morgan fingerprint density at radius 1 is 1.38 bits per heavy atom. The zero-order chi connectivity index (χ0) is 16.7. The van der Waals surface area contributed by atoms with Gasteiger partial charge in [0.25, 0.3) is 0 Å². The summed E-state index contributed by atoms with van der Waals surface area (Å²) in [5.41, 5.74) is 5.75. The van der Waals surface area contributed by atoms with E-state index in [4.69, 9.17) is 4.98 Å². The number of allylic oxidation sites excluding steroid dienone is 1. The van der Waals surface area contributed by atoms with Crippen molar-refractivity contribution in [3.63, 3.8) is 0 Å². The molecule has 1 aliphatic carbocycles. The van der Waals surface area contributed by atoms with Gasteiger partial charge in [0.1, 0.15) is 0 Å². The van der Waals surface area contributed by atoms with Crippen LogP contribution in [0.3, 0.4) is 0 Å². The van der Waals surface area contributed by atoms with Crippen LogP contribution in [-0.2, 0) is 0 Å². The number of aliphatic hydroxyl groups is 1. The molecule has 3 aliphatic heterocycles. The summed E-state index contributed by atoms with van der Waals surface area (Å²) in [5, 5.41) is 9.70. The number of aliphatic hydroxyl groups excluding tert-OH is 1. The molecule has 4 aliphatic rings. The van der Waals surface area contributed by atoms with Crippen molar-refractivity contribution in [3.8, 4) is 11.3 Å². The average Bonchev–Trinajstić information content (AvgIpc) is 2.73. The van der Waals surface area contributed by atoms with E-state index in [9.17, 15) is 5.11 Å². The number of piperazine rings is 1. The summed E-state index contributed by atoms with van der Waals surface area (Å²) >= 11 is 1.65. The fourth-order valence-electron chi connectivity index (χ4n) is 3.53. The molecule has 24 heavy (non-hydrogen) atoms. The van der Waals surface area contributed by atoms with Crippen molar-refractivity contribution in [2.75, 3.05) is 42.9 Å². The van der Waals surface area contributed by atoms with Gasteiger partial charge in [0.2, 0.25) is 0 Å². The van der Waals surface area contributed by atoms with E-state index in [2.05, 4.69) is 40.6 Å². The molecule has 0 bridgehead atoms. The summed E-state index contributed by atoms with van der Waals surface area (Å²) in [6.45, 7) is 5.00. The predicted octanol–water partition coefficient (Wildman–Crippen LogP) is 2.73. The van der Waals surface area contributed by atoms with E-state index in [-0.39, 0.29) is 12.6 Å². The Labute approximate surface area is 146 Å². The Bertz CT molecular complexity index is 763. The van der Waals surface area contributed by atoms with E-state index in [0.29, 0.717) is 0 Å². The van der Waals surface area contributed by atoms with E-state index >= 15 is 0 Å². The Hall–Kier alpha value is -1.76. The molecule has 0 saturated carbocycles. The molecule has 0 aromatic heterocycles. The third-order valence-electron chi connectivity index (χ3n) is 4.90. The van der Waals surface area contributed by atoms with Gasteiger partial charge in [-0.05, 0) is 38.1 Å². The van der Waals surface area contributed by atoms with Crippen LogP contribution in [0.1, 0.15) is 12.5 Å². The van der Waals surface area contributed by atoms with Gasteiger partial charge in [-0.1, -0.05) is 12.1 Å². The molecule has 5 nitrogen and oxygen atoms in total. The lowest BCUT2D eigenvalue weighted by atomic mass is 10.1. The molecule has 1 atom stereocenters. The van der Waals surface area contributed by atoms with Gasteiger partial charge in [0.15, 0.2) is 0 Å². The SMILES string of the molecule is CC1=Cc2c(c3ccccnc-3c2N2CCN(C)[C@@H](CO)C2)NS1. The van der Waals surface area contributed by atoms with Gasteiger partial charge >= 0.3 is 0 Å². The van der Waals surface area contributed by atoms with Crippen LogP contribution in [0, 0.1) is 0 Å². The van der Waals surface area contributed by atoms with Crippen molar-refractivity contribution >= 4 is 29.4 Å². The molecule has 0 spiro atoms. The lowest BCUT2D eigenvalue weighted by Crippen LogP contribution is -2.53. The Morgan fingerprint density at radius 3 is 3.08 bits per heavy atom. The largest absolute Gasteiger partial charge is 0.395 e. The van der Waals surface area contributed by atoms with Crippen LogP contribution >= 0.6 is 11.9 Å². The molecule has 3 heterocycles. The highest BCUT2D eigenvalue weighted by Crippen LogP contribution is 2.50. The van der Waals surface area contributed by atoms with Crippen molar-refractivity contribution in [1.82, 2.24) is 9.88 Å². The maximum Gasteiger partial charge on any atom is 0.0963 e. The number of rotatable bonds is 2. The van der Waals surface area contributed by atoms with Gasteiger partial charge in [0, 0.05) is 41.9 Å². The molecule has 0 radical (unpaired) electrons. The first-order chi connectivity index (χ1) is 11.7. The lowest BCUT2D eigenvalue weighted by molar-refractivity contribution is 0.135. The van der Waals surface area contributed by atoms with Crippen LogP contribution in [0.2, 0.25) is 0 Å². The maximum atomic E-state index is 9.70. The molecule has 4 rings (SSSR count). The number of nitrogens with zero attached hydrogens (tertiary/aromatic N) is 3. The molecule has 6 heteroatoms. The van der Waals surface area contributed by atoms with E-state index in [0.717, 1.165) is 36.6 Å². The highest BCUT2D eigenvalue weighted by Gasteiger charge is 2.32. The van der Waals surface area contributed by atoms with Crippen LogP contribution in [0.5, 0.6) is 0 Å². The Kier molecular flexibility index (Phi) is 4.12. The fraction of sp³-hybridized carbons (Fsp3) is 0.389. The molecule has 126 valence electrons. The number of nitrogens with one attached hydrogen (secondary N) is 1. The summed E-state index contributed by atoms with van der Waals surface area (Å²) in [6.07, 6.45) is 4.11. The van der Waals surface area contributed by atoms with Gasteiger partial charge in [-0.3, -0.25) is 9.88 Å². The van der Waals surface area contributed by atoms with Crippen LogP contribution in [0.25, 0.3) is 17.3 Å². The van der Waals surface area contributed by atoms with Crippen molar-refractivity contribution in [3.05, 3.63) is 34.9 Å². The number of likely N-dealkylation sites (N-methyl/N-ethyl adjacent to an activating group) is 1. The van der Waals surface area contributed by atoms with Gasteiger partial charge in [-0.25, -0.2) is 0 Å². The minimum atomic E-state index is 0.160. The third kappa shape index (κ3) is 2.55. The van der Waals surface area contributed by atoms with Gasteiger partial charge in [0.05, 0.1) is 29.7 Å². The minimum Gasteiger partial charge on any atom is -0.395 e. The van der Waals surface area contributed by atoms with Crippen molar-refractivity contribution in [2.45, 2.75) is 13.0 Å². The molecule has 0 aromatic carbocycles. The standard InChI is InChI=1S/C18H22N4OS/c1-12-9-15-16(20-24-12)14-5-3-4-6-19-17(14)18(15)22-8-7-21(2)13(10-22)11-23/h3-6,9,13,20,23H,7-8,10-11H2,1-2H3/t13-/m1/s1. The number of aromatic nitrogens is 1. The van der Waals surface area contributed by atoms with E-state index in [1.54, 1.807) is 11.9 Å². The molecular weight excluding hydrogens is 320 g/mol. The first kappa shape index (κ1) is 15.7. The highest BCUT2D eigenvalue weighted by molar-refractivity contribution is 8.04. The molecule has 0 amide bonds. The second kappa shape index (κ2) is 6.27. The summed E-state index contributed by atoms with van der Waals surface area (Å²) in [7, 11) is 2.08. The quantitative estimate of drug-likeness (QED) is 0.819. The highest BCUT2D eigenvalue weighted by atomic mass is 32.2. The summed E-state index contributed by atoms with van der Waals surface area (Å²) in [6, 6.07) is 6.30. The smallest absolute Gasteiger partial charge is 0.0963 e. The Morgan fingerprint density at radius 2 is 2.25 bits per heavy atom. The number of anilines is 2. The molecular formula is C18H22N4OS.